The fourth-order valence-electron chi connectivity index (χ4n) is 2.34. The van der Waals surface area contributed by atoms with Crippen molar-refractivity contribution in [2.45, 2.75) is 20.1 Å². The molecule has 3 rings (SSSR count). The zero-order valence-corrected chi connectivity index (χ0v) is 12.4. The van der Waals surface area contributed by atoms with Crippen LogP contribution in [0.4, 0.5) is 0 Å². The Kier molecular flexibility index (Phi) is 3.46. The maximum Gasteiger partial charge on any atom is 0.212 e. The summed E-state index contributed by atoms with van der Waals surface area (Å²) in [5.41, 5.74) is 8.00. The molecule has 0 spiro atoms. The van der Waals surface area contributed by atoms with E-state index in [-0.39, 0.29) is 0 Å². The van der Waals surface area contributed by atoms with Gasteiger partial charge in [0.15, 0.2) is 0 Å². The van der Waals surface area contributed by atoms with Crippen molar-refractivity contribution in [2.24, 2.45) is 12.8 Å². The summed E-state index contributed by atoms with van der Waals surface area (Å²) in [7, 11) is 1.89. The first-order valence-electron chi connectivity index (χ1n) is 6.52. The van der Waals surface area contributed by atoms with Crippen molar-refractivity contribution in [1.29, 1.82) is 0 Å². The molecule has 0 saturated heterocycles. The number of aromatic nitrogens is 2. The molecule has 2 heterocycles. The third-order valence-corrected chi connectivity index (χ3v) is 4.53. The molecule has 4 nitrogen and oxygen atoms in total. The fourth-order valence-corrected chi connectivity index (χ4v) is 3.43. The lowest BCUT2D eigenvalue weighted by atomic mass is 10.1. The number of rotatable bonds is 4. The second-order valence-corrected chi connectivity index (χ2v) is 5.88. The number of thiophene rings is 1. The molecule has 3 aromatic rings. The van der Waals surface area contributed by atoms with Crippen molar-refractivity contribution in [2.75, 3.05) is 0 Å². The van der Waals surface area contributed by atoms with E-state index in [1.54, 1.807) is 16.0 Å². The molecular formula is C15H17N3OS. The molecule has 2 N–H and O–H groups in total. The van der Waals surface area contributed by atoms with Crippen LogP contribution in [0.25, 0.3) is 10.1 Å². The molecule has 0 aliphatic heterocycles. The van der Waals surface area contributed by atoms with Crippen LogP contribution in [0.3, 0.4) is 0 Å². The molecule has 0 atom stereocenters. The molecule has 5 heteroatoms. The van der Waals surface area contributed by atoms with Gasteiger partial charge in [-0.1, -0.05) is 18.2 Å². The zero-order chi connectivity index (χ0) is 14.1. The van der Waals surface area contributed by atoms with Crippen molar-refractivity contribution < 1.29 is 4.74 Å². The number of hydrogen-bond donors (Lipinski definition) is 1. The second-order valence-electron chi connectivity index (χ2n) is 4.74. The highest BCUT2D eigenvalue weighted by molar-refractivity contribution is 7.19. The second kappa shape index (κ2) is 5.26. The Morgan fingerprint density at radius 2 is 2.15 bits per heavy atom. The summed E-state index contributed by atoms with van der Waals surface area (Å²) in [6.45, 7) is 3.02. The van der Waals surface area contributed by atoms with Gasteiger partial charge in [-0.25, -0.2) is 4.68 Å². The molecule has 1 aromatic carbocycles. The maximum absolute atomic E-state index is 5.90. The molecule has 104 valence electrons. The number of aryl methyl sites for hydroxylation is 2. The number of benzene rings is 1. The first-order valence-corrected chi connectivity index (χ1v) is 7.33. The third-order valence-electron chi connectivity index (χ3n) is 3.29. The van der Waals surface area contributed by atoms with Crippen LogP contribution in [0.2, 0.25) is 0 Å². The molecule has 0 aliphatic rings. The van der Waals surface area contributed by atoms with E-state index in [4.69, 9.17) is 10.5 Å². The first kappa shape index (κ1) is 13.1. The Labute approximate surface area is 121 Å². The number of nitrogens with two attached hydrogens (primary N) is 1. The number of ether oxygens (including phenoxy) is 1. The highest BCUT2D eigenvalue weighted by Crippen LogP contribution is 2.31. The minimum absolute atomic E-state index is 0.523. The van der Waals surface area contributed by atoms with Crippen LogP contribution in [0.1, 0.15) is 16.1 Å². The molecule has 0 unspecified atom stereocenters. The maximum atomic E-state index is 5.90. The minimum atomic E-state index is 0.523. The normalized spacial score (nSPS) is 11.2. The van der Waals surface area contributed by atoms with Gasteiger partial charge in [0.2, 0.25) is 5.88 Å². The van der Waals surface area contributed by atoms with Crippen LogP contribution in [0.15, 0.2) is 30.3 Å². The van der Waals surface area contributed by atoms with Gasteiger partial charge in [0.05, 0.1) is 5.69 Å². The summed E-state index contributed by atoms with van der Waals surface area (Å²) in [6.07, 6.45) is 0. The molecule has 0 radical (unpaired) electrons. The quantitative estimate of drug-likeness (QED) is 0.802. The molecule has 0 amide bonds. The van der Waals surface area contributed by atoms with E-state index >= 15 is 0 Å². The lowest BCUT2D eigenvalue weighted by Gasteiger charge is -2.07. The monoisotopic (exact) mass is 287 g/mol. The summed E-state index contributed by atoms with van der Waals surface area (Å²) >= 11 is 1.74. The van der Waals surface area contributed by atoms with Gasteiger partial charge in [-0.2, -0.15) is 5.10 Å². The van der Waals surface area contributed by atoms with Gasteiger partial charge >= 0.3 is 0 Å². The highest BCUT2D eigenvalue weighted by atomic mass is 32.1. The van der Waals surface area contributed by atoms with Crippen molar-refractivity contribution in [3.63, 3.8) is 0 Å². The Morgan fingerprint density at radius 1 is 1.35 bits per heavy atom. The van der Waals surface area contributed by atoms with Crippen LogP contribution < -0.4 is 10.5 Å². The van der Waals surface area contributed by atoms with Crippen molar-refractivity contribution in [3.05, 3.63) is 46.5 Å². The molecule has 0 aliphatic carbocycles. The van der Waals surface area contributed by atoms with Crippen LogP contribution >= 0.6 is 11.3 Å². The van der Waals surface area contributed by atoms with Crippen molar-refractivity contribution in [3.8, 4) is 5.88 Å². The van der Waals surface area contributed by atoms with Crippen LogP contribution in [0, 0.1) is 6.92 Å². The first-order chi connectivity index (χ1) is 9.69. The Hall–Kier alpha value is -1.85. The van der Waals surface area contributed by atoms with E-state index in [9.17, 15) is 0 Å². The predicted molar refractivity (Wildman–Crippen MR) is 82.0 cm³/mol. The zero-order valence-electron chi connectivity index (χ0n) is 11.6. The van der Waals surface area contributed by atoms with Crippen LogP contribution in [0.5, 0.6) is 5.88 Å². The van der Waals surface area contributed by atoms with Gasteiger partial charge in [0.1, 0.15) is 6.61 Å². The van der Waals surface area contributed by atoms with E-state index in [0.29, 0.717) is 13.2 Å². The summed E-state index contributed by atoms with van der Waals surface area (Å²) in [4.78, 5) is 1.19. The van der Waals surface area contributed by atoms with Crippen molar-refractivity contribution >= 4 is 21.4 Å². The fraction of sp³-hybridized carbons (Fsp3) is 0.267. The number of nitrogens with zero attached hydrogens (tertiary/aromatic N) is 2. The molecule has 20 heavy (non-hydrogen) atoms. The van der Waals surface area contributed by atoms with E-state index in [2.05, 4.69) is 17.2 Å². The predicted octanol–water partition coefficient (Wildman–Crippen LogP) is 2.98. The van der Waals surface area contributed by atoms with E-state index in [0.717, 1.165) is 11.6 Å². The summed E-state index contributed by atoms with van der Waals surface area (Å²) in [6, 6.07) is 10.3. The van der Waals surface area contributed by atoms with E-state index in [1.165, 1.54) is 20.5 Å². The lowest BCUT2D eigenvalue weighted by Crippen LogP contribution is -2.04. The smallest absolute Gasteiger partial charge is 0.212 e. The Balaban J connectivity index is 1.92. The Morgan fingerprint density at radius 3 is 2.85 bits per heavy atom. The number of hydrogen-bond acceptors (Lipinski definition) is 4. The van der Waals surface area contributed by atoms with Gasteiger partial charge in [-0.05, 0) is 18.4 Å². The summed E-state index contributed by atoms with van der Waals surface area (Å²) in [5.74, 6) is 0.778. The molecule has 2 aromatic heterocycles. The molecule has 0 saturated carbocycles. The lowest BCUT2D eigenvalue weighted by molar-refractivity contribution is 0.279. The molecule has 0 fully saturated rings. The number of fused-ring (bicyclic) bond motifs is 1. The summed E-state index contributed by atoms with van der Waals surface area (Å²) < 4.78 is 8.92. The summed E-state index contributed by atoms with van der Waals surface area (Å²) in [5, 5.41) is 5.52. The van der Waals surface area contributed by atoms with Gasteiger partial charge in [-0.3, -0.25) is 0 Å². The average molecular weight is 287 g/mol. The van der Waals surface area contributed by atoms with E-state index in [1.807, 2.05) is 32.2 Å². The third kappa shape index (κ3) is 2.30. The van der Waals surface area contributed by atoms with Crippen LogP contribution in [-0.2, 0) is 20.2 Å². The SMILES string of the molecule is Cc1cc(OCc2c(CN)sc3ccccc23)n(C)n1. The molecular weight excluding hydrogens is 270 g/mol. The highest BCUT2D eigenvalue weighted by Gasteiger charge is 2.12. The standard InChI is InChI=1S/C15H17N3OS/c1-10-7-15(18(2)17-10)19-9-12-11-5-3-4-6-13(11)20-14(12)8-16/h3-7H,8-9,16H2,1-2H3. The van der Waals surface area contributed by atoms with Gasteiger partial charge in [0.25, 0.3) is 0 Å². The molecule has 0 bridgehead atoms. The van der Waals surface area contributed by atoms with Gasteiger partial charge in [-0.15, -0.1) is 11.3 Å². The average Bonchev–Trinajstić information content (AvgIpc) is 2.96. The Bertz CT molecular complexity index is 745. The van der Waals surface area contributed by atoms with Crippen LogP contribution in [-0.4, -0.2) is 9.78 Å². The van der Waals surface area contributed by atoms with E-state index < -0.39 is 0 Å². The van der Waals surface area contributed by atoms with Crippen molar-refractivity contribution in [1.82, 2.24) is 9.78 Å². The minimum Gasteiger partial charge on any atom is -0.473 e. The van der Waals surface area contributed by atoms with Gasteiger partial charge < -0.3 is 10.5 Å². The van der Waals surface area contributed by atoms with Gasteiger partial charge in [0, 0.05) is 34.8 Å². The topological polar surface area (TPSA) is 53.1 Å². The largest absolute Gasteiger partial charge is 0.473 e.